The summed E-state index contributed by atoms with van der Waals surface area (Å²) in [4.78, 5) is 13.4. The van der Waals surface area contributed by atoms with Gasteiger partial charge in [-0.05, 0) is 43.9 Å². The summed E-state index contributed by atoms with van der Waals surface area (Å²) in [6.07, 6.45) is 7.78. The van der Waals surface area contributed by atoms with Crippen LogP contribution in [-0.2, 0) is 13.1 Å². The molecule has 1 fully saturated rings. The third-order valence-electron chi connectivity index (χ3n) is 5.21. The number of nitrogens with zero attached hydrogens (tertiary/aromatic N) is 6. The van der Waals surface area contributed by atoms with Gasteiger partial charge in [0.05, 0.1) is 18.1 Å². The van der Waals surface area contributed by atoms with Gasteiger partial charge in [-0.25, -0.2) is 9.48 Å². The number of hydrogen-bond acceptors (Lipinski definition) is 5. The molecule has 0 unspecified atom stereocenters. The number of benzene rings is 1. The highest BCUT2D eigenvalue weighted by Crippen LogP contribution is 2.21. The molecular weight excluding hydrogens is 356 g/mol. The molecule has 1 aliphatic rings. The van der Waals surface area contributed by atoms with Crippen molar-refractivity contribution in [1.82, 2.24) is 29.7 Å². The number of carboxylic acids is 1. The molecule has 3 heterocycles. The molecule has 8 heteroatoms. The van der Waals surface area contributed by atoms with E-state index in [1.807, 2.05) is 23.0 Å². The standard InChI is InChI=1S/C20H24N6O2/c1-15-5-2-3-7-19(15)26-13-17(9-21-26)11-24-8-4-6-16(10-24)12-25-14-18(20(27)28)22-23-25/h2-3,5,7,9,13-14,16H,4,6,8,10-12H2,1H3,(H,27,28)/t16-/m1/s1. The molecule has 146 valence electrons. The van der Waals surface area contributed by atoms with Crippen LogP contribution in [0.3, 0.4) is 0 Å². The van der Waals surface area contributed by atoms with Gasteiger partial charge >= 0.3 is 5.97 Å². The maximum atomic E-state index is 11.0. The van der Waals surface area contributed by atoms with Crippen molar-refractivity contribution in [3.63, 3.8) is 0 Å². The fourth-order valence-electron chi connectivity index (χ4n) is 3.85. The molecule has 0 radical (unpaired) electrons. The van der Waals surface area contributed by atoms with Crippen molar-refractivity contribution in [3.8, 4) is 5.69 Å². The van der Waals surface area contributed by atoms with Crippen LogP contribution in [0, 0.1) is 12.8 Å². The second kappa shape index (κ2) is 7.93. The number of aromatic nitrogens is 5. The molecule has 0 aliphatic carbocycles. The molecule has 8 nitrogen and oxygen atoms in total. The number of hydrogen-bond donors (Lipinski definition) is 1. The second-order valence-corrected chi connectivity index (χ2v) is 7.45. The highest BCUT2D eigenvalue weighted by atomic mass is 16.4. The number of rotatable bonds is 6. The van der Waals surface area contributed by atoms with Gasteiger partial charge < -0.3 is 5.11 Å². The Labute approximate surface area is 163 Å². The largest absolute Gasteiger partial charge is 0.476 e. The van der Waals surface area contributed by atoms with Crippen molar-refractivity contribution in [2.24, 2.45) is 5.92 Å². The molecule has 2 aromatic heterocycles. The first-order chi connectivity index (χ1) is 13.6. The zero-order chi connectivity index (χ0) is 19.5. The van der Waals surface area contributed by atoms with E-state index in [2.05, 4.69) is 45.6 Å². The van der Waals surface area contributed by atoms with E-state index >= 15 is 0 Å². The highest BCUT2D eigenvalue weighted by Gasteiger charge is 2.22. The summed E-state index contributed by atoms with van der Waals surface area (Å²) in [5.74, 6) is -0.606. The van der Waals surface area contributed by atoms with Crippen LogP contribution in [0.4, 0.5) is 0 Å². The average molecular weight is 380 g/mol. The lowest BCUT2D eigenvalue weighted by molar-refractivity contribution is 0.0690. The molecule has 1 saturated heterocycles. The molecule has 0 amide bonds. The van der Waals surface area contributed by atoms with E-state index in [1.54, 1.807) is 4.68 Å². The van der Waals surface area contributed by atoms with E-state index in [0.29, 0.717) is 12.5 Å². The molecule has 4 rings (SSSR count). The van der Waals surface area contributed by atoms with Crippen LogP contribution < -0.4 is 0 Å². The summed E-state index contributed by atoms with van der Waals surface area (Å²) in [5.41, 5.74) is 3.49. The lowest BCUT2D eigenvalue weighted by Crippen LogP contribution is -2.36. The summed E-state index contributed by atoms with van der Waals surface area (Å²) in [6.45, 7) is 5.66. The maximum Gasteiger partial charge on any atom is 0.358 e. The third-order valence-corrected chi connectivity index (χ3v) is 5.21. The Morgan fingerprint density at radius 2 is 2.14 bits per heavy atom. The number of aryl methyl sites for hydroxylation is 1. The summed E-state index contributed by atoms with van der Waals surface area (Å²) in [6, 6.07) is 8.23. The van der Waals surface area contributed by atoms with Gasteiger partial charge in [0.2, 0.25) is 0 Å². The predicted octanol–water partition coefficient (Wildman–Crippen LogP) is 2.38. The molecule has 0 bridgehead atoms. The molecule has 1 aromatic carbocycles. The first-order valence-corrected chi connectivity index (χ1v) is 9.54. The van der Waals surface area contributed by atoms with E-state index in [-0.39, 0.29) is 5.69 Å². The Bertz CT molecular complexity index is 963. The number of piperidine rings is 1. The smallest absolute Gasteiger partial charge is 0.358 e. The van der Waals surface area contributed by atoms with Crippen LogP contribution in [0.2, 0.25) is 0 Å². The summed E-state index contributed by atoms with van der Waals surface area (Å²) >= 11 is 0. The predicted molar refractivity (Wildman–Crippen MR) is 103 cm³/mol. The number of carboxylic acid groups (broad SMARTS) is 1. The molecule has 1 atom stereocenters. The molecule has 28 heavy (non-hydrogen) atoms. The van der Waals surface area contributed by atoms with Gasteiger partial charge in [0.1, 0.15) is 0 Å². The summed E-state index contributed by atoms with van der Waals surface area (Å²) < 4.78 is 3.59. The van der Waals surface area contributed by atoms with E-state index < -0.39 is 5.97 Å². The van der Waals surface area contributed by atoms with Crippen molar-refractivity contribution >= 4 is 5.97 Å². The zero-order valence-electron chi connectivity index (χ0n) is 15.9. The quantitative estimate of drug-likeness (QED) is 0.706. The normalized spacial score (nSPS) is 17.7. The van der Waals surface area contributed by atoms with Crippen molar-refractivity contribution in [3.05, 3.63) is 59.7 Å². The van der Waals surface area contributed by atoms with Gasteiger partial charge in [0.15, 0.2) is 5.69 Å². The third kappa shape index (κ3) is 4.12. The fourth-order valence-corrected chi connectivity index (χ4v) is 3.85. The van der Waals surface area contributed by atoms with Gasteiger partial charge in [-0.15, -0.1) is 5.10 Å². The second-order valence-electron chi connectivity index (χ2n) is 7.45. The van der Waals surface area contributed by atoms with Gasteiger partial charge in [-0.2, -0.15) is 5.10 Å². The van der Waals surface area contributed by atoms with E-state index in [0.717, 1.165) is 38.2 Å². The number of aromatic carboxylic acids is 1. The lowest BCUT2D eigenvalue weighted by atomic mass is 9.98. The van der Waals surface area contributed by atoms with Crippen LogP contribution in [0.5, 0.6) is 0 Å². The first kappa shape index (κ1) is 18.4. The van der Waals surface area contributed by atoms with Crippen LogP contribution in [0.25, 0.3) is 5.69 Å². The zero-order valence-corrected chi connectivity index (χ0v) is 15.9. The maximum absolute atomic E-state index is 11.0. The highest BCUT2D eigenvalue weighted by molar-refractivity contribution is 5.84. The molecule has 1 N–H and O–H groups in total. The van der Waals surface area contributed by atoms with E-state index in [9.17, 15) is 4.79 Å². The molecular formula is C20H24N6O2. The molecule has 3 aromatic rings. The molecule has 0 saturated carbocycles. The van der Waals surface area contributed by atoms with Crippen LogP contribution in [0.1, 0.15) is 34.5 Å². The summed E-state index contributed by atoms with van der Waals surface area (Å²) in [5, 5.41) is 21.1. The topological polar surface area (TPSA) is 89.1 Å². The van der Waals surface area contributed by atoms with E-state index in [1.165, 1.54) is 17.3 Å². The minimum atomic E-state index is -1.04. The average Bonchev–Trinajstić information content (AvgIpc) is 3.32. The first-order valence-electron chi connectivity index (χ1n) is 9.54. The minimum Gasteiger partial charge on any atom is -0.476 e. The minimum absolute atomic E-state index is 0.00344. The Morgan fingerprint density at radius 1 is 1.29 bits per heavy atom. The SMILES string of the molecule is Cc1ccccc1-n1cc(CN2CCC[C@@H](Cn3cc(C(=O)O)nn3)C2)cn1. The van der Waals surface area contributed by atoms with E-state index in [4.69, 9.17) is 5.11 Å². The number of para-hydroxylation sites is 1. The van der Waals surface area contributed by atoms with Crippen molar-refractivity contribution < 1.29 is 9.90 Å². The fraction of sp³-hybridized carbons (Fsp3) is 0.400. The van der Waals surface area contributed by atoms with Crippen molar-refractivity contribution in [2.75, 3.05) is 13.1 Å². The van der Waals surface area contributed by atoms with Gasteiger partial charge in [-0.3, -0.25) is 9.58 Å². The lowest BCUT2D eigenvalue weighted by Gasteiger charge is -2.32. The van der Waals surface area contributed by atoms with Crippen LogP contribution >= 0.6 is 0 Å². The van der Waals surface area contributed by atoms with Crippen LogP contribution in [0.15, 0.2) is 42.9 Å². The van der Waals surface area contributed by atoms with Gasteiger partial charge in [0.25, 0.3) is 0 Å². The Kier molecular flexibility index (Phi) is 5.21. The number of likely N-dealkylation sites (tertiary alicyclic amines) is 1. The van der Waals surface area contributed by atoms with Gasteiger partial charge in [-0.1, -0.05) is 23.4 Å². The van der Waals surface area contributed by atoms with Crippen molar-refractivity contribution in [1.29, 1.82) is 0 Å². The Balaban J connectivity index is 1.37. The van der Waals surface area contributed by atoms with Gasteiger partial charge in [0, 0.05) is 31.4 Å². The van der Waals surface area contributed by atoms with Crippen LogP contribution in [-0.4, -0.2) is 53.8 Å². The summed E-state index contributed by atoms with van der Waals surface area (Å²) in [7, 11) is 0. The molecule has 1 aliphatic heterocycles. The Hall–Kier alpha value is -3.00. The molecule has 0 spiro atoms. The number of carbonyl (C=O) groups is 1. The monoisotopic (exact) mass is 380 g/mol. The Morgan fingerprint density at radius 3 is 2.93 bits per heavy atom. The van der Waals surface area contributed by atoms with Crippen molar-refractivity contribution in [2.45, 2.75) is 32.9 Å².